The van der Waals surface area contributed by atoms with Crippen LogP contribution in [0.15, 0.2) is 18.3 Å². The summed E-state index contributed by atoms with van der Waals surface area (Å²) in [5, 5.41) is 11.6. The van der Waals surface area contributed by atoms with Crippen LogP contribution in [0.3, 0.4) is 0 Å². The largest absolute Gasteiger partial charge is 0.478 e. The Labute approximate surface area is 112 Å². The van der Waals surface area contributed by atoms with Crippen molar-refractivity contribution in [2.24, 2.45) is 17.6 Å². The number of carboxylic acid groups (broad SMARTS) is 1. The first-order valence-electron chi connectivity index (χ1n) is 6.11. The first-order chi connectivity index (χ1) is 8.95. The van der Waals surface area contributed by atoms with Crippen molar-refractivity contribution in [3.8, 4) is 0 Å². The van der Waals surface area contributed by atoms with E-state index in [0.717, 1.165) is 0 Å². The summed E-state index contributed by atoms with van der Waals surface area (Å²) in [5.41, 5.74) is 6.21. The van der Waals surface area contributed by atoms with E-state index in [0.29, 0.717) is 5.69 Å². The Kier molecular flexibility index (Phi) is 5.44. The third kappa shape index (κ3) is 4.33. The highest BCUT2D eigenvalue weighted by Gasteiger charge is 2.20. The predicted molar refractivity (Wildman–Crippen MR) is 70.4 cm³/mol. The lowest BCUT2D eigenvalue weighted by Gasteiger charge is -2.18. The maximum Gasteiger partial charge on any atom is 0.335 e. The van der Waals surface area contributed by atoms with Crippen molar-refractivity contribution in [3.05, 3.63) is 29.6 Å². The number of carbonyl (C=O) groups excluding carboxylic acids is 1. The highest BCUT2D eigenvalue weighted by molar-refractivity contribution is 5.87. The summed E-state index contributed by atoms with van der Waals surface area (Å²) in [7, 11) is 0. The number of rotatable bonds is 6. The van der Waals surface area contributed by atoms with Crippen LogP contribution < -0.4 is 11.1 Å². The molecule has 0 aliphatic heterocycles. The summed E-state index contributed by atoms with van der Waals surface area (Å²) in [6.07, 6.45) is 1.41. The second-order valence-electron chi connectivity index (χ2n) is 4.65. The van der Waals surface area contributed by atoms with Crippen molar-refractivity contribution in [2.75, 3.05) is 6.54 Å². The van der Waals surface area contributed by atoms with Crippen LogP contribution in [0.2, 0.25) is 0 Å². The summed E-state index contributed by atoms with van der Waals surface area (Å²) in [6.45, 7) is 4.34. The zero-order valence-electron chi connectivity index (χ0n) is 11.1. The van der Waals surface area contributed by atoms with Gasteiger partial charge >= 0.3 is 5.97 Å². The number of pyridine rings is 1. The Morgan fingerprint density at radius 2 is 2.16 bits per heavy atom. The molecule has 0 radical (unpaired) electrons. The lowest BCUT2D eigenvalue weighted by molar-refractivity contribution is -0.126. The molecule has 1 aromatic rings. The molecule has 1 rings (SSSR count). The molecule has 4 N–H and O–H groups in total. The topological polar surface area (TPSA) is 105 Å². The first-order valence-corrected chi connectivity index (χ1v) is 6.11. The van der Waals surface area contributed by atoms with Gasteiger partial charge < -0.3 is 16.2 Å². The molecule has 0 aliphatic rings. The molecule has 0 saturated carbocycles. The fraction of sp³-hybridized carbons (Fsp3) is 0.462. The Morgan fingerprint density at radius 1 is 1.47 bits per heavy atom. The summed E-state index contributed by atoms with van der Waals surface area (Å²) in [4.78, 5) is 26.7. The fourth-order valence-electron chi connectivity index (χ4n) is 1.70. The number of hydrogen-bond acceptors (Lipinski definition) is 4. The van der Waals surface area contributed by atoms with Crippen LogP contribution in [0.25, 0.3) is 0 Å². The maximum absolute atomic E-state index is 11.9. The SMILES string of the molecule is CC(C)C(CN)C(=O)NCc1cc(C(=O)O)ccn1. The number of nitrogens with one attached hydrogen (secondary N) is 1. The molecule has 104 valence electrons. The van der Waals surface area contributed by atoms with Gasteiger partial charge in [-0.05, 0) is 18.1 Å². The van der Waals surface area contributed by atoms with E-state index in [-0.39, 0.29) is 36.4 Å². The van der Waals surface area contributed by atoms with E-state index >= 15 is 0 Å². The molecular weight excluding hydrogens is 246 g/mol. The number of aromatic carboxylic acids is 1. The minimum atomic E-state index is -1.02. The Morgan fingerprint density at radius 3 is 2.68 bits per heavy atom. The lowest BCUT2D eigenvalue weighted by atomic mass is 9.95. The van der Waals surface area contributed by atoms with E-state index < -0.39 is 5.97 Å². The van der Waals surface area contributed by atoms with Crippen molar-refractivity contribution >= 4 is 11.9 Å². The maximum atomic E-state index is 11.9. The van der Waals surface area contributed by atoms with Gasteiger partial charge in [0.15, 0.2) is 0 Å². The molecule has 0 spiro atoms. The van der Waals surface area contributed by atoms with Crippen LogP contribution in [-0.2, 0) is 11.3 Å². The third-order valence-electron chi connectivity index (χ3n) is 2.90. The highest BCUT2D eigenvalue weighted by Crippen LogP contribution is 2.09. The molecule has 0 bridgehead atoms. The van der Waals surface area contributed by atoms with E-state index in [1.165, 1.54) is 18.3 Å². The average molecular weight is 265 g/mol. The monoisotopic (exact) mass is 265 g/mol. The second kappa shape index (κ2) is 6.84. The van der Waals surface area contributed by atoms with Crippen LogP contribution in [0.5, 0.6) is 0 Å². The minimum absolute atomic E-state index is 0.139. The van der Waals surface area contributed by atoms with Gasteiger partial charge in [-0.3, -0.25) is 9.78 Å². The van der Waals surface area contributed by atoms with Crippen molar-refractivity contribution < 1.29 is 14.7 Å². The molecule has 0 saturated heterocycles. The zero-order valence-corrected chi connectivity index (χ0v) is 11.1. The third-order valence-corrected chi connectivity index (χ3v) is 2.90. The molecule has 19 heavy (non-hydrogen) atoms. The Bertz CT molecular complexity index is 460. The molecule has 1 unspecified atom stereocenters. The van der Waals surface area contributed by atoms with Crippen LogP contribution in [0, 0.1) is 11.8 Å². The van der Waals surface area contributed by atoms with E-state index in [1.54, 1.807) is 0 Å². The van der Waals surface area contributed by atoms with Crippen molar-refractivity contribution in [1.29, 1.82) is 0 Å². The van der Waals surface area contributed by atoms with Gasteiger partial charge in [-0.25, -0.2) is 4.79 Å². The van der Waals surface area contributed by atoms with Gasteiger partial charge in [-0.1, -0.05) is 13.8 Å². The molecular formula is C13H19N3O3. The number of carboxylic acids is 1. The normalized spacial score (nSPS) is 12.2. The molecule has 6 nitrogen and oxygen atoms in total. The second-order valence-corrected chi connectivity index (χ2v) is 4.65. The summed E-state index contributed by atoms with van der Waals surface area (Å²) in [5.74, 6) is -1.25. The van der Waals surface area contributed by atoms with Gasteiger partial charge in [-0.15, -0.1) is 0 Å². The molecule has 0 aliphatic carbocycles. The molecule has 0 aromatic carbocycles. The molecule has 1 amide bonds. The number of nitrogens with zero attached hydrogens (tertiary/aromatic N) is 1. The first kappa shape index (κ1) is 15.1. The minimum Gasteiger partial charge on any atom is -0.478 e. The number of carbonyl (C=O) groups is 2. The Hall–Kier alpha value is -1.95. The van der Waals surface area contributed by atoms with Gasteiger partial charge in [0.25, 0.3) is 0 Å². The average Bonchev–Trinajstić information content (AvgIpc) is 2.37. The van der Waals surface area contributed by atoms with Crippen molar-refractivity contribution in [3.63, 3.8) is 0 Å². The summed E-state index contributed by atoms with van der Waals surface area (Å²) >= 11 is 0. The van der Waals surface area contributed by atoms with E-state index in [9.17, 15) is 9.59 Å². The van der Waals surface area contributed by atoms with Gasteiger partial charge in [0.05, 0.1) is 23.7 Å². The van der Waals surface area contributed by atoms with E-state index in [4.69, 9.17) is 10.8 Å². The van der Waals surface area contributed by atoms with Gasteiger partial charge in [0.2, 0.25) is 5.91 Å². The number of amides is 1. The van der Waals surface area contributed by atoms with Gasteiger partial charge in [0, 0.05) is 12.7 Å². The standard InChI is InChI=1S/C13H19N3O3/c1-8(2)11(6-14)12(17)16-7-10-5-9(13(18)19)3-4-15-10/h3-5,8,11H,6-7,14H2,1-2H3,(H,16,17)(H,18,19). The van der Waals surface area contributed by atoms with Crippen LogP contribution >= 0.6 is 0 Å². The molecule has 1 aromatic heterocycles. The summed E-state index contributed by atoms with van der Waals surface area (Å²) in [6, 6.07) is 2.85. The number of nitrogens with two attached hydrogens (primary N) is 1. The smallest absolute Gasteiger partial charge is 0.335 e. The molecule has 0 fully saturated rings. The Balaban J connectivity index is 2.64. The predicted octanol–water partition coefficient (Wildman–Crippen LogP) is 0.627. The molecule has 1 atom stereocenters. The van der Waals surface area contributed by atoms with E-state index in [1.807, 2.05) is 13.8 Å². The van der Waals surface area contributed by atoms with Crippen molar-refractivity contribution in [2.45, 2.75) is 20.4 Å². The van der Waals surface area contributed by atoms with Crippen LogP contribution in [0.1, 0.15) is 29.9 Å². The van der Waals surface area contributed by atoms with Gasteiger partial charge in [0.1, 0.15) is 0 Å². The number of aromatic nitrogens is 1. The van der Waals surface area contributed by atoms with Crippen LogP contribution in [0.4, 0.5) is 0 Å². The molecule has 6 heteroatoms. The lowest BCUT2D eigenvalue weighted by Crippen LogP contribution is -2.37. The van der Waals surface area contributed by atoms with Crippen LogP contribution in [-0.4, -0.2) is 28.5 Å². The highest BCUT2D eigenvalue weighted by atomic mass is 16.4. The van der Waals surface area contributed by atoms with Crippen molar-refractivity contribution in [1.82, 2.24) is 10.3 Å². The molecule has 1 heterocycles. The fourth-order valence-corrected chi connectivity index (χ4v) is 1.70. The summed E-state index contributed by atoms with van der Waals surface area (Å²) < 4.78 is 0. The van der Waals surface area contributed by atoms with Gasteiger partial charge in [-0.2, -0.15) is 0 Å². The van der Waals surface area contributed by atoms with E-state index in [2.05, 4.69) is 10.3 Å². The number of hydrogen-bond donors (Lipinski definition) is 3. The quantitative estimate of drug-likeness (QED) is 0.699. The zero-order chi connectivity index (χ0) is 14.4.